The van der Waals surface area contributed by atoms with Crippen LogP contribution in [0.1, 0.15) is 66.0 Å². The molecular weight excluding hydrogens is 510 g/mol. The zero-order valence-corrected chi connectivity index (χ0v) is 25.1. The predicted molar refractivity (Wildman–Crippen MR) is 165 cm³/mol. The van der Waals surface area contributed by atoms with E-state index in [2.05, 4.69) is 83.2 Å². The first kappa shape index (κ1) is 27.8. The molecule has 204 valence electrons. The Hall–Kier alpha value is -3.75. The number of Topliss-reactive ketones (excluding diaryl/α,β-unsaturated/α-hetero) is 1. The lowest BCUT2D eigenvalue weighted by Crippen LogP contribution is -2.42. The highest BCUT2D eigenvalue weighted by atomic mass is 32.2. The van der Waals surface area contributed by atoms with E-state index in [-0.39, 0.29) is 11.2 Å². The quantitative estimate of drug-likeness (QED) is 0.326. The molecule has 5 heteroatoms. The van der Waals surface area contributed by atoms with Gasteiger partial charge in [-0.25, -0.2) is 0 Å². The molecule has 1 heterocycles. The molecule has 0 radical (unpaired) electrons. The fraction of sp³-hybridized carbons (Fsp3) is 0.314. The van der Waals surface area contributed by atoms with Gasteiger partial charge in [-0.2, -0.15) is 5.26 Å². The number of anilines is 1. The van der Waals surface area contributed by atoms with E-state index in [1.807, 2.05) is 41.8 Å². The van der Waals surface area contributed by atoms with E-state index in [0.29, 0.717) is 24.2 Å². The highest BCUT2D eigenvalue weighted by Crippen LogP contribution is 2.51. The van der Waals surface area contributed by atoms with Gasteiger partial charge in [-0.1, -0.05) is 56.3 Å². The molecule has 3 aromatic rings. The summed E-state index contributed by atoms with van der Waals surface area (Å²) in [4.78, 5) is 17.2. The molecule has 0 saturated heterocycles. The van der Waals surface area contributed by atoms with Crippen molar-refractivity contribution in [3.05, 3.63) is 117 Å². The first-order chi connectivity index (χ1) is 19.0. The fourth-order valence-electron chi connectivity index (χ4n) is 6.14. The molecule has 0 amide bonds. The Bertz CT molecular complexity index is 1620. The first-order valence-electron chi connectivity index (χ1n) is 13.8. The third-order valence-corrected chi connectivity index (χ3v) is 9.38. The van der Waals surface area contributed by atoms with Crippen LogP contribution in [-0.4, -0.2) is 5.78 Å². The van der Waals surface area contributed by atoms with Crippen molar-refractivity contribution in [1.82, 2.24) is 0 Å². The van der Waals surface area contributed by atoms with E-state index in [9.17, 15) is 10.1 Å². The summed E-state index contributed by atoms with van der Waals surface area (Å²) in [5, 5.41) is 10.5. The van der Waals surface area contributed by atoms with Gasteiger partial charge in [0.15, 0.2) is 5.78 Å². The van der Waals surface area contributed by atoms with E-state index >= 15 is 0 Å². The number of carbonyl (C=O) groups is 1. The largest absolute Gasteiger partial charge is 0.384 e. The van der Waals surface area contributed by atoms with Gasteiger partial charge in [-0.05, 0) is 91.1 Å². The lowest BCUT2D eigenvalue weighted by Gasteiger charge is -2.44. The van der Waals surface area contributed by atoms with Crippen LogP contribution in [0.15, 0.2) is 88.2 Å². The summed E-state index contributed by atoms with van der Waals surface area (Å²) >= 11 is 1.82. The molecule has 0 bridgehead atoms. The van der Waals surface area contributed by atoms with Crippen LogP contribution in [-0.2, 0) is 10.5 Å². The second-order valence-corrected chi connectivity index (χ2v) is 13.0. The molecule has 0 fully saturated rings. The van der Waals surface area contributed by atoms with E-state index < -0.39 is 5.92 Å². The second kappa shape index (κ2) is 10.7. The summed E-state index contributed by atoms with van der Waals surface area (Å²) in [6.45, 7) is 12.7. The third-order valence-electron chi connectivity index (χ3n) is 8.15. The van der Waals surface area contributed by atoms with E-state index in [0.717, 1.165) is 39.4 Å². The summed E-state index contributed by atoms with van der Waals surface area (Å²) in [6.07, 6.45) is 1.16. The van der Waals surface area contributed by atoms with Crippen molar-refractivity contribution in [3.63, 3.8) is 0 Å². The van der Waals surface area contributed by atoms with Crippen LogP contribution >= 0.6 is 11.8 Å². The smallest absolute Gasteiger partial charge is 0.162 e. The number of carbonyl (C=O) groups excluding carboxylic acids is 1. The first-order valence-corrected chi connectivity index (χ1v) is 14.8. The number of nitriles is 1. The summed E-state index contributed by atoms with van der Waals surface area (Å²) in [5.74, 6) is 0.843. The maximum atomic E-state index is 14.0. The molecule has 4 nitrogen and oxygen atoms in total. The normalized spacial score (nSPS) is 18.6. The van der Waals surface area contributed by atoms with Crippen LogP contribution < -0.4 is 10.6 Å². The van der Waals surface area contributed by atoms with Crippen molar-refractivity contribution >= 4 is 23.2 Å². The molecule has 0 spiro atoms. The standard InChI is InChI=1S/C35H37N3OS/c1-21-10-9-12-26(14-21)38-29-17-35(5,6)18-30(39)33(29)32(28(19-36)34(38)37)27-16-25(23(3)15-24(27)4)20-40-31-13-8-7-11-22(31)2/h7-16,32H,17-18,20,37H2,1-6H3. The van der Waals surface area contributed by atoms with Crippen LogP contribution in [0, 0.1) is 44.4 Å². The van der Waals surface area contributed by atoms with Crippen molar-refractivity contribution in [3.8, 4) is 6.07 Å². The molecule has 1 atom stereocenters. The van der Waals surface area contributed by atoms with Gasteiger partial charge in [-0.3, -0.25) is 9.69 Å². The lowest BCUT2D eigenvalue weighted by atomic mass is 9.68. The van der Waals surface area contributed by atoms with Crippen LogP contribution in [0.3, 0.4) is 0 Å². The molecule has 0 saturated carbocycles. The number of thioether (sulfide) groups is 1. The van der Waals surface area contributed by atoms with Crippen LogP contribution in [0.2, 0.25) is 0 Å². The maximum Gasteiger partial charge on any atom is 0.162 e. The van der Waals surface area contributed by atoms with Crippen molar-refractivity contribution < 1.29 is 4.79 Å². The third kappa shape index (κ3) is 5.09. The Labute approximate surface area is 242 Å². The number of nitrogens with two attached hydrogens (primary N) is 1. The van der Waals surface area contributed by atoms with Gasteiger partial charge in [0.2, 0.25) is 0 Å². The van der Waals surface area contributed by atoms with Gasteiger partial charge < -0.3 is 5.73 Å². The average Bonchev–Trinajstić information content (AvgIpc) is 2.88. The zero-order chi connectivity index (χ0) is 28.8. The van der Waals surface area contributed by atoms with Gasteiger partial charge in [0.25, 0.3) is 0 Å². The Balaban J connectivity index is 1.67. The molecule has 1 unspecified atom stereocenters. The number of hydrogen-bond donors (Lipinski definition) is 1. The van der Waals surface area contributed by atoms with Gasteiger partial charge in [0.05, 0.1) is 17.6 Å². The summed E-state index contributed by atoms with van der Waals surface area (Å²) in [7, 11) is 0. The van der Waals surface area contributed by atoms with E-state index in [1.165, 1.54) is 21.6 Å². The minimum absolute atomic E-state index is 0.102. The Morgan fingerprint density at radius 2 is 1.73 bits per heavy atom. The molecule has 1 aliphatic heterocycles. The zero-order valence-electron chi connectivity index (χ0n) is 24.3. The Kier molecular flexibility index (Phi) is 7.42. The number of benzene rings is 3. The van der Waals surface area contributed by atoms with Crippen LogP contribution in [0.4, 0.5) is 5.69 Å². The average molecular weight is 548 g/mol. The maximum absolute atomic E-state index is 14.0. The second-order valence-electron chi connectivity index (χ2n) is 12.0. The molecule has 2 N–H and O–H groups in total. The highest BCUT2D eigenvalue weighted by Gasteiger charge is 2.45. The van der Waals surface area contributed by atoms with Gasteiger partial charge in [0.1, 0.15) is 5.82 Å². The molecule has 0 aromatic heterocycles. The summed E-state index contributed by atoms with van der Waals surface area (Å²) in [6, 6.07) is 23.4. The lowest BCUT2D eigenvalue weighted by molar-refractivity contribution is -0.118. The topological polar surface area (TPSA) is 70.1 Å². The number of allylic oxidation sites excluding steroid dienone is 3. The summed E-state index contributed by atoms with van der Waals surface area (Å²) < 4.78 is 0. The van der Waals surface area contributed by atoms with Gasteiger partial charge in [-0.15, -0.1) is 11.8 Å². The van der Waals surface area contributed by atoms with Gasteiger partial charge >= 0.3 is 0 Å². The number of rotatable bonds is 5. The molecule has 3 aromatic carbocycles. The minimum atomic E-state index is -0.479. The summed E-state index contributed by atoms with van der Waals surface area (Å²) in [5.41, 5.74) is 16.5. The van der Waals surface area contributed by atoms with Crippen molar-refractivity contribution in [2.24, 2.45) is 11.1 Å². The minimum Gasteiger partial charge on any atom is -0.384 e. The SMILES string of the molecule is Cc1cccc(N2C(N)=C(C#N)C(c3cc(CSc4ccccc4C)c(C)cc3C)C3=C2CC(C)(C)CC3=O)c1. The van der Waals surface area contributed by atoms with E-state index in [4.69, 9.17) is 5.73 Å². The predicted octanol–water partition coefficient (Wildman–Crippen LogP) is 8.15. The van der Waals surface area contributed by atoms with Gasteiger partial charge in [0, 0.05) is 34.0 Å². The monoisotopic (exact) mass is 547 g/mol. The molecule has 5 rings (SSSR count). The van der Waals surface area contributed by atoms with Crippen molar-refractivity contribution in [2.75, 3.05) is 4.90 Å². The number of nitrogens with zero attached hydrogens (tertiary/aromatic N) is 2. The van der Waals surface area contributed by atoms with Crippen LogP contribution in [0.5, 0.6) is 0 Å². The Morgan fingerprint density at radius 1 is 0.975 bits per heavy atom. The van der Waals surface area contributed by atoms with Crippen molar-refractivity contribution in [1.29, 1.82) is 5.26 Å². The number of ketones is 1. The molecular formula is C35H37N3OS. The fourth-order valence-corrected chi connectivity index (χ4v) is 7.23. The Morgan fingerprint density at radius 3 is 2.42 bits per heavy atom. The molecule has 40 heavy (non-hydrogen) atoms. The van der Waals surface area contributed by atoms with Crippen molar-refractivity contribution in [2.45, 2.75) is 71.0 Å². The van der Waals surface area contributed by atoms with E-state index in [1.54, 1.807) is 0 Å². The highest BCUT2D eigenvalue weighted by molar-refractivity contribution is 7.98. The van der Waals surface area contributed by atoms with Crippen LogP contribution in [0.25, 0.3) is 0 Å². The number of hydrogen-bond acceptors (Lipinski definition) is 5. The molecule has 1 aliphatic carbocycles. The number of aryl methyl sites for hydroxylation is 4. The molecule has 2 aliphatic rings.